The number of amides is 1. The van der Waals surface area contributed by atoms with Gasteiger partial charge in [-0.25, -0.2) is 12.8 Å². The number of carbonyl (C=O) groups excluding carboxylic acids is 1. The first-order valence-electron chi connectivity index (χ1n) is 6.86. The molecule has 2 N–H and O–H groups in total. The Morgan fingerprint density at radius 1 is 1.38 bits per heavy atom. The van der Waals surface area contributed by atoms with Crippen LogP contribution in [0, 0.1) is 11.7 Å². The summed E-state index contributed by atoms with van der Waals surface area (Å²) in [6, 6.07) is 3.40. The number of carbonyl (C=O) groups is 1. The lowest BCUT2D eigenvalue weighted by Crippen LogP contribution is -2.30. The molecule has 0 bridgehead atoms. The molecule has 0 spiro atoms. The second-order valence-corrected chi connectivity index (χ2v) is 7.38. The second kappa shape index (κ2) is 6.53. The van der Waals surface area contributed by atoms with Crippen molar-refractivity contribution in [1.82, 2.24) is 5.32 Å². The highest BCUT2D eigenvalue weighted by Gasteiger charge is 2.18. The van der Waals surface area contributed by atoms with E-state index in [0.717, 1.165) is 44.3 Å². The third-order valence-corrected chi connectivity index (χ3v) is 4.68. The van der Waals surface area contributed by atoms with Crippen LogP contribution >= 0.6 is 0 Å². The predicted octanol–water partition coefficient (Wildman–Crippen LogP) is 1.56. The minimum atomic E-state index is -3.43. The van der Waals surface area contributed by atoms with Crippen molar-refractivity contribution in [1.29, 1.82) is 0 Å². The lowest BCUT2D eigenvalue weighted by Gasteiger charge is -2.22. The average Bonchev–Trinajstić information content (AvgIpc) is 2.41. The molecule has 7 heteroatoms. The van der Waals surface area contributed by atoms with Gasteiger partial charge in [0.15, 0.2) is 9.84 Å². The van der Waals surface area contributed by atoms with Crippen LogP contribution in [0.25, 0.3) is 0 Å². The largest absolute Gasteiger partial charge is 0.324 e. The molecular weight excluding hydrogens is 295 g/mol. The topological polar surface area (TPSA) is 75.3 Å². The molecule has 1 amide bonds. The molecule has 0 radical (unpaired) electrons. The Morgan fingerprint density at radius 2 is 2.05 bits per heavy atom. The Balaban J connectivity index is 2.06. The molecule has 2 rings (SSSR count). The van der Waals surface area contributed by atoms with Crippen molar-refractivity contribution in [2.45, 2.75) is 24.2 Å². The van der Waals surface area contributed by atoms with E-state index in [0.29, 0.717) is 6.42 Å². The lowest BCUT2D eigenvalue weighted by molar-refractivity contribution is -0.117. The number of benzene rings is 1. The van der Waals surface area contributed by atoms with Gasteiger partial charge in [-0.15, -0.1) is 0 Å². The third-order valence-electron chi connectivity index (χ3n) is 3.57. The first kappa shape index (κ1) is 15.9. The van der Waals surface area contributed by atoms with E-state index >= 15 is 0 Å². The van der Waals surface area contributed by atoms with E-state index in [1.165, 1.54) is 6.07 Å². The fourth-order valence-corrected chi connectivity index (χ4v) is 3.03. The summed E-state index contributed by atoms with van der Waals surface area (Å²) in [6.45, 7) is 1.77. The molecule has 21 heavy (non-hydrogen) atoms. The van der Waals surface area contributed by atoms with E-state index in [1.54, 1.807) is 0 Å². The molecule has 0 aliphatic carbocycles. The number of sulfone groups is 1. The van der Waals surface area contributed by atoms with Gasteiger partial charge >= 0.3 is 0 Å². The van der Waals surface area contributed by atoms with Crippen molar-refractivity contribution in [2.24, 2.45) is 5.92 Å². The molecule has 5 nitrogen and oxygen atoms in total. The van der Waals surface area contributed by atoms with Gasteiger partial charge in [-0.05, 0) is 50.0 Å². The van der Waals surface area contributed by atoms with Crippen LogP contribution < -0.4 is 10.6 Å². The maximum absolute atomic E-state index is 13.7. The van der Waals surface area contributed by atoms with E-state index in [9.17, 15) is 17.6 Å². The molecule has 0 unspecified atom stereocenters. The maximum Gasteiger partial charge on any atom is 0.224 e. The molecule has 1 aliphatic rings. The molecule has 1 saturated heterocycles. The molecule has 1 aliphatic heterocycles. The van der Waals surface area contributed by atoms with E-state index in [-0.39, 0.29) is 22.4 Å². The van der Waals surface area contributed by atoms with E-state index < -0.39 is 15.7 Å². The SMILES string of the molecule is CS(=O)(=O)c1ccc(F)c(NC(=O)CC2CCNCC2)c1. The summed E-state index contributed by atoms with van der Waals surface area (Å²) in [6.07, 6.45) is 3.20. The summed E-state index contributed by atoms with van der Waals surface area (Å²) in [5.74, 6) is -0.639. The van der Waals surface area contributed by atoms with Gasteiger partial charge in [-0.1, -0.05) is 0 Å². The van der Waals surface area contributed by atoms with Crippen molar-refractivity contribution in [3.63, 3.8) is 0 Å². The number of rotatable bonds is 4. The highest BCUT2D eigenvalue weighted by Crippen LogP contribution is 2.21. The van der Waals surface area contributed by atoms with Crippen molar-refractivity contribution in [2.75, 3.05) is 24.7 Å². The zero-order chi connectivity index (χ0) is 15.5. The third kappa shape index (κ3) is 4.50. The van der Waals surface area contributed by atoms with Crippen LogP contribution in [-0.4, -0.2) is 33.7 Å². The van der Waals surface area contributed by atoms with Crippen molar-refractivity contribution in [3.8, 4) is 0 Å². The Kier molecular flexibility index (Phi) is 4.95. The van der Waals surface area contributed by atoms with Gasteiger partial charge in [0.05, 0.1) is 10.6 Å². The smallest absolute Gasteiger partial charge is 0.224 e. The number of nitrogens with one attached hydrogen (secondary N) is 2. The maximum atomic E-state index is 13.7. The summed E-state index contributed by atoms with van der Waals surface area (Å²) >= 11 is 0. The molecule has 1 aromatic carbocycles. The minimum absolute atomic E-state index is 0.0129. The highest BCUT2D eigenvalue weighted by atomic mass is 32.2. The molecule has 0 aromatic heterocycles. The van der Waals surface area contributed by atoms with Gasteiger partial charge in [-0.3, -0.25) is 4.79 Å². The molecule has 1 fully saturated rings. The molecule has 1 heterocycles. The van der Waals surface area contributed by atoms with Crippen LogP contribution in [0.3, 0.4) is 0 Å². The zero-order valence-corrected chi connectivity index (χ0v) is 12.7. The summed E-state index contributed by atoms with van der Waals surface area (Å²) < 4.78 is 36.6. The minimum Gasteiger partial charge on any atom is -0.324 e. The summed E-state index contributed by atoms with van der Waals surface area (Å²) in [5.41, 5.74) is -0.0862. The fraction of sp³-hybridized carbons (Fsp3) is 0.500. The van der Waals surface area contributed by atoms with Gasteiger partial charge in [0, 0.05) is 12.7 Å². The van der Waals surface area contributed by atoms with Crippen LogP contribution in [-0.2, 0) is 14.6 Å². The van der Waals surface area contributed by atoms with Crippen LogP contribution in [0.5, 0.6) is 0 Å². The number of halogens is 1. The van der Waals surface area contributed by atoms with Crippen LogP contribution in [0.15, 0.2) is 23.1 Å². The van der Waals surface area contributed by atoms with E-state index in [1.807, 2.05) is 0 Å². The Morgan fingerprint density at radius 3 is 2.67 bits per heavy atom. The molecule has 0 saturated carbocycles. The standard InChI is InChI=1S/C14H19FN2O3S/c1-21(19,20)11-2-3-12(15)13(9-11)17-14(18)8-10-4-6-16-7-5-10/h2-3,9-10,16H,4-8H2,1H3,(H,17,18). The van der Waals surface area contributed by atoms with Gasteiger partial charge in [0.2, 0.25) is 5.91 Å². The molecular formula is C14H19FN2O3S. The quantitative estimate of drug-likeness (QED) is 0.827. The Hall–Kier alpha value is -1.47. The summed E-state index contributed by atoms with van der Waals surface area (Å²) in [4.78, 5) is 11.9. The Bertz CT molecular complexity index is 625. The molecule has 1 aromatic rings. The van der Waals surface area contributed by atoms with Crippen LogP contribution in [0.1, 0.15) is 19.3 Å². The number of hydrogen-bond acceptors (Lipinski definition) is 4. The normalized spacial score (nSPS) is 16.7. The monoisotopic (exact) mass is 314 g/mol. The highest BCUT2D eigenvalue weighted by molar-refractivity contribution is 7.90. The Labute approximate surface area is 123 Å². The number of anilines is 1. The zero-order valence-electron chi connectivity index (χ0n) is 11.9. The van der Waals surface area contributed by atoms with Crippen LogP contribution in [0.4, 0.5) is 10.1 Å². The molecule has 0 atom stereocenters. The van der Waals surface area contributed by atoms with Crippen molar-refractivity contribution < 1.29 is 17.6 Å². The van der Waals surface area contributed by atoms with Gasteiger partial charge < -0.3 is 10.6 Å². The fourth-order valence-electron chi connectivity index (χ4n) is 2.38. The summed E-state index contributed by atoms with van der Waals surface area (Å²) in [7, 11) is -3.43. The van der Waals surface area contributed by atoms with Crippen molar-refractivity contribution >= 4 is 21.4 Å². The number of hydrogen-bond donors (Lipinski definition) is 2. The van der Waals surface area contributed by atoms with Crippen molar-refractivity contribution in [3.05, 3.63) is 24.0 Å². The van der Waals surface area contributed by atoms with Crippen LogP contribution in [0.2, 0.25) is 0 Å². The van der Waals surface area contributed by atoms with E-state index in [4.69, 9.17) is 0 Å². The van der Waals surface area contributed by atoms with Gasteiger partial charge in [-0.2, -0.15) is 0 Å². The lowest BCUT2D eigenvalue weighted by atomic mass is 9.94. The first-order chi connectivity index (χ1) is 9.86. The molecule has 116 valence electrons. The first-order valence-corrected chi connectivity index (χ1v) is 8.75. The van der Waals surface area contributed by atoms with Gasteiger partial charge in [0.1, 0.15) is 5.82 Å². The van der Waals surface area contributed by atoms with Gasteiger partial charge in [0.25, 0.3) is 0 Å². The second-order valence-electron chi connectivity index (χ2n) is 5.36. The summed E-state index contributed by atoms with van der Waals surface area (Å²) in [5, 5.41) is 5.68. The average molecular weight is 314 g/mol. The van der Waals surface area contributed by atoms with E-state index in [2.05, 4.69) is 10.6 Å². The number of piperidine rings is 1. The predicted molar refractivity (Wildman–Crippen MR) is 78.4 cm³/mol.